The third-order valence-corrected chi connectivity index (χ3v) is 5.96. The minimum atomic E-state index is -1.22. The third-order valence-electron chi connectivity index (χ3n) is 5.96. The molecule has 2 heterocycles. The summed E-state index contributed by atoms with van der Waals surface area (Å²) in [7, 11) is 1.44. The lowest BCUT2D eigenvalue weighted by molar-refractivity contribution is -0.145. The largest absolute Gasteiger partial charge is 0.480 e. The first-order chi connectivity index (χ1) is 15.3. The highest BCUT2D eigenvalue weighted by Gasteiger charge is 2.36. The minimum absolute atomic E-state index is 0.0158. The summed E-state index contributed by atoms with van der Waals surface area (Å²) in [6, 6.07) is -1.18. The van der Waals surface area contributed by atoms with Gasteiger partial charge in [-0.15, -0.1) is 0 Å². The molecule has 3 N–H and O–H groups in total. The predicted octanol–water partition coefficient (Wildman–Crippen LogP) is 0.594. The van der Waals surface area contributed by atoms with Crippen LogP contribution in [0, 0.1) is 11.8 Å². The summed E-state index contributed by atoms with van der Waals surface area (Å²) in [5.74, 6) is -1.87. The molecule has 0 bridgehead atoms. The van der Waals surface area contributed by atoms with Crippen LogP contribution in [-0.4, -0.2) is 91.4 Å². The molecule has 2 saturated heterocycles. The van der Waals surface area contributed by atoms with E-state index in [9.17, 15) is 24.3 Å². The van der Waals surface area contributed by atoms with Crippen molar-refractivity contribution in [3.05, 3.63) is 0 Å². The number of methoxy groups -OCH3 is 1. The van der Waals surface area contributed by atoms with Gasteiger partial charge >= 0.3 is 12.1 Å². The molecule has 2 fully saturated rings. The van der Waals surface area contributed by atoms with Crippen molar-refractivity contribution in [1.29, 1.82) is 0 Å². The highest BCUT2D eigenvalue weighted by Crippen LogP contribution is 2.22. The topological polar surface area (TPSA) is 138 Å². The molecule has 0 unspecified atom stereocenters. The van der Waals surface area contributed by atoms with Crippen molar-refractivity contribution in [3.8, 4) is 0 Å². The first-order valence-corrected chi connectivity index (χ1v) is 11.3. The number of carbonyl (C=O) groups is 4. The number of nitrogens with one attached hydrogen (secondary N) is 2. The van der Waals surface area contributed by atoms with Gasteiger partial charge in [-0.1, -0.05) is 0 Å². The van der Waals surface area contributed by atoms with E-state index in [-0.39, 0.29) is 25.7 Å². The van der Waals surface area contributed by atoms with Crippen LogP contribution in [0.5, 0.6) is 0 Å². The van der Waals surface area contributed by atoms with Gasteiger partial charge < -0.3 is 24.8 Å². The number of carboxylic acid groups (broad SMARTS) is 1. The maximum Gasteiger partial charge on any atom is 0.431 e. The average Bonchev–Trinajstić information content (AvgIpc) is 2.81. The Balaban J connectivity index is 1.96. The standard InChI is InChI=1S/C21H36N4O7/c1-15(20(28)29)23-25(21(30)32-13-12-31-2)19(27)17-4-3-11-24(14-17)18(26)6-5-16-7-9-22-10-8-16/h15-17,22-23H,3-14H2,1-2H3,(H,28,29)/t15-,17-/m1/s1. The molecule has 0 saturated carbocycles. The van der Waals surface area contributed by atoms with E-state index in [1.54, 1.807) is 4.90 Å². The molecular formula is C21H36N4O7. The zero-order chi connectivity index (χ0) is 23.5. The van der Waals surface area contributed by atoms with Crippen molar-refractivity contribution in [1.82, 2.24) is 20.7 Å². The summed E-state index contributed by atoms with van der Waals surface area (Å²) in [6.07, 6.45) is 3.57. The molecule has 3 amide bonds. The maximum absolute atomic E-state index is 13.1. The summed E-state index contributed by atoms with van der Waals surface area (Å²) in [5.41, 5.74) is 2.41. The van der Waals surface area contributed by atoms with Gasteiger partial charge in [0.25, 0.3) is 5.91 Å². The fraction of sp³-hybridized carbons (Fsp3) is 0.810. The van der Waals surface area contributed by atoms with E-state index < -0.39 is 29.9 Å². The molecule has 2 rings (SSSR count). The number of ether oxygens (including phenoxy) is 2. The Labute approximate surface area is 188 Å². The van der Waals surface area contributed by atoms with Crippen molar-refractivity contribution < 1.29 is 33.8 Å². The monoisotopic (exact) mass is 456 g/mol. The van der Waals surface area contributed by atoms with E-state index >= 15 is 0 Å². The minimum Gasteiger partial charge on any atom is -0.480 e. The molecule has 11 heteroatoms. The predicted molar refractivity (Wildman–Crippen MR) is 114 cm³/mol. The molecule has 0 aromatic heterocycles. The number of hydrogen-bond acceptors (Lipinski definition) is 8. The van der Waals surface area contributed by atoms with Crippen LogP contribution < -0.4 is 10.7 Å². The number of rotatable bonds is 10. The van der Waals surface area contributed by atoms with Crippen molar-refractivity contribution in [2.45, 2.75) is 51.5 Å². The lowest BCUT2D eigenvalue weighted by Crippen LogP contribution is -2.57. The molecular weight excluding hydrogens is 420 g/mol. The second-order valence-electron chi connectivity index (χ2n) is 8.38. The highest BCUT2D eigenvalue weighted by molar-refractivity contribution is 5.93. The number of hydrogen-bond donors (Lipinski definition) is 3. The first kappa shape index (κ1) is 26.0. The fourth-order valence-electron chi connectivity index (χ4n) is 3.98. The lowest BCUT2D eigenvalue weighted by Gasteiger charge is -2.35. The average molecular weight is 457 g/mol. The zero-order valence-corrected chi connectivity index (χ0v) is 19.0. The molecule has 32 heavy (non-hydrogen) atoms. The van der Waals surface area contributed by atoms with Crippen molar-refractivity contribution >= 4 is 23.9 Å². The summed E-state index contributed by atoms with van der Waals surface area (Å²) in [4.78, 5) is 51.2. The fourth-order valence-corrected chi connectivity index (χ4v) is 3.98. The van der Waals surface area contributed by atoms with E-state index in [1.165, 1.54) is 14.0 Å². The van der Waals surface area contributed by atoms with Gasteiger partial charge in [0, 0.05) is 26.6 Å². The van der Waals surface area contributed by atoms with Gasteiger partial charge in [-0.2, -0.15) is 5.01 Å². The van der Waals surface area contributed by atoms with Gasteiger partial charge in [0.05, 0.1) is 12.5 Å². The molecule has 0 radical (unpaired) electrons. The molecule has 0 spiro atoms. The van der Waals surface area contributed by atoms with Crippen LogP contribution in [0.15, 0.2) is 0 Å². The van der Waals surface area contributed by atoms with Crippen LogP contribution in [-0.2, 0) is 23.9 Å². The molecule has 0 aromatic carbocycles. The Morgan fingerprint density at radius 3 is 2.56 bits per heavy atom. The van der Waals surface area contributed by atoms with Gasteiger partial charge in [-0.25, -0.2) is 10.2 Å². The van der Waals surface area contributed by atoms with E-state index in [0.717, 1.165) is 32.4 Å². The Hall–Kier alpha value is -2.24. The maximum atomic E-state index is 13.1. The van der Waals surface area contributed by atoms with Crippen molar-refractivity contribution in [2.75, 3.05) is 46.5 Å². The first-order valence-electron chi connectivity index (χ1n) is 11.3. The Kier molecular flexibility index (Phi) is 10.8. The van der Waals surface area contributed by atoms with Crippen LogP contribution in [0.4, 0.5) is 4.79 Å². The number of hydrazine groups is 1. The van der Waals surface area contributed by atoms with Crippen LogP contribution in [0.1, 0.15) is 45.4 Å². The summed E-state index contributed by atoms with van der Waals surface area (Å²) < 4.78 is 9.85. The van der Waals surface area contributed by atoms with Crippen molar-refractivity contribution in [2.24, 2.45) is 11.8 Å². The van der Waals surface area contributed by atoms with Crippen molar-refractivity contribution in [3.63, 3.8) is 0 Å². The Bertz CT molecular complexity index is 654. The van der Waals surface area contributed by atoms with Crippen LogP contribution in [0.2, 0.25) is 0 Å². The van der Waals surface area contributed by atoms with Crippen LogP contribution >= 0.6 is 0 Å². The summed E-state index contributed by atoms with van der Waals surface area (Å²) in [6.45, 7) is 4.14. The second-order valence-corrected chi connectivity index (χ2v) is 8.38. The van der Waals surface area contributed by atoms with Gasteiger partial charge in [-0.05, 0) is 58.0 Å². The van der Waals surface area contributed by atoms with Gasteiger partial charge in [0.1, 0.15) is 12.6 Å². The molecule has 2 aliphatic rings. The number of likely N-dealkylation sites (tertiary alicyclic amines) is 1. The molecule has 2 aliphatic heterocycles. The number of carbonyl (C=O) groups excluding carboxylic acids is 3. The van der Waals surface area contributed by atoms with E-state index in [0.29, 0.717) is 36.7 Å². The quantitative estimate of drug-likeness (QED) is 0.319. The van der Waals surface area contributed by atoms with Gasteiger partial charge in [-0.3, -0.25) is 14.4 Å². The van der Waals surface area contributed by atoms with Gasteiger partial charge in [0.15, 0.2) is 0 Å². The third kappa shape index (κ3) is 8.03. The number of carboxylic acids is 1. The highest BCUT2D eigenvalue weighted by atomic mass is 16.6. The number of nitrogens with zero attached hydrogens (tertiary/aromatic N) is 2. The van der Waals surface area contributed by atoms with Crippen LogP contribution in [0.25, 0.3) is 0 Å². The van der Waals surface area contributed by atoms with Gasteiger partial charge in [0.2, 0.25) is 5.91 Å². The SMILES string of the molecule is COCCOC(=O)N(N[C@H](C)C(=O)O)C(=O)[C@@H]1CCCN(C(=O)CCC2CCNCC2)C1. The Morgan fingerprint density at radius 2 is 1.91 bits per heavy atom. The second kappa shape index (κ2) is 13.3. The van der Waals surface area contributed by atoms with E-state index in [2.05, 4.69) is 10.7 Å². The Morgan fingerprint density at radius 1 is 1.19 bits per heavy atom. The number of piperidine rings is 2. The molecule has 11 nitrogen and oxygen atoms in total. The summed E-state index contributed by atoms with van der Waals surface area (Å²) in [5, 5.41) is 13.1. The smallest absolute Gasteiger partial charge is 0.431 e. The van der Waals surface area contributed by atoms with E-state index in [1.807, 2.05) is 0 Å². The number of aliphatic carboxylic acids is 1. The molecule has 0 aromatic rings. The normalized spacial score (nSPS) is 20.4. The van der Waals surface area contributed by atoms with E-state index in [4.69, 9.17) is 9.47 Å². The zero-order valence-electron chi connectivity index (χ0n) is 19.0. The van der Waals surface area contributed by atoms with Crippen LogP contribution in [0.3, 0.4) is 0 Å². The number of amides is 3. The molecule has 2 atom stereocenters. The number of imide groups is 1. The summed E-state index contributed by atoms with van der Waals surface area (Å²) >= 11 is 0. The lowest BCUT2D eigenvalue weighted by atomic mass is 9.92. The molecule has 182 valence electrons. The molecule has 0 aliphatic carbocycles.